The molecule has 3 heteroatoms. The molecule has 0 saturated heterocycles. The Balaban J connectivity index is 1.74. The van der Waals surface area contributed by atoms with Crippen molar-refractivity contribution >= 4 is 11.7 Å². The normalized spacial score (nSPS) is 13.8. The van der Waals surface area contributed by atoms with E-state index in [9.17, 15) is 4.79 Å². The van der Waals surface area contributed by atoms with Gasteiger partial charge in [-0.2, -0.15) is 0 Å². The van der Waals surface area contributed by atoms with Crippen molar-refractivity contribution in [3.8, 4) is 0 Å². The lowest BCUT2D eigenvalue weighted by molar-refractivity contribution is -0.156. The largest absolute Gasteiger partial charge is 0.458 e. The Bertz CT molecular complexity index is 1050. The summed E-state index contributed by atoms with van der Waals surface area (Å²) in [6.07, 6.45) is 3.99. The first-order valence-electron chi connectivity index (χ1n) is 11.4. The van der Waals surface area contributed by atoms with Crippen LogP contribution in [0, 0.1) is 0 Å². The summed E-state index contributed by atoms with van der Waals surface area (Å²) in [5, 5.41) is 0. The zero-order valence-electron chi connectivity index (χ0n) is 19.2. The molecule has 0 radical (unpaired) electrons. The third-order valence-electron chi connectivity index (χ3n) is 5.65. The molecule has 0 aliphatic heterocycles. The first-order valence-corrected chi connectivity index (χ1v) is 11.4. The van der Waals surface area contributed by atoms with Gasteiger partial charge >= 0.3 is 5.97 Å². The molecule has 0 bridgehead atoms. The van der Waals surface area contributed by atoms with Crippen molar-refractivity contribution in [3.05, 3.63) is 107 Å². The fraction of sp³-hybridized carbons (Fsp3) is 0.310. The van der Waals surface area contributed by atoms with E-state index in [1.807, 2.05) is 81.4 Å². The molecular formula is C29H31NO2. The molecule has 0 fully saturated rings. The molecule has 0 unspecified atom stereocenters. The molecule has 3 aromatic carbocycles. The molecule has 0 saturated carbocycles. The molecule has 4 rings (SSSR count). The van der Waals surface area contributed by atoms with Crippen LogP contribution in [0.2, 0.25) is 0 Å². The van der Waals surface area contributed by atoms with E-state index in [2.05, 4.69) is 18.2 Å². The van der Waals surface area contributed by atoms with E-state index < -0.39 is 11.6 Å². The predicted molar refractivity (Wildman–Crippen MR) is 130 cm³/mol. The van der Waals surface area contributed by atoms with E-state index in [0.29, 0.717) is 6.42 Å². The van der Waals surface area contributed by atoms with Crippen LogP contribution in [-0.2, 0) is 28.8 Å². The summed E-state index contributed by atoms with van der Waals surface area (Å²) in [5.74, 6) is -0.289. The number of nitrogens with zero attached hydrogens (tertiary/aromatic N) is 1. The highest BCUT2D eigenvalue weighted by Gasteiger charge is 2.26. The summed E-state index contributed by atoms with van der Waals surface area (Å²) >= 11 is 0. The van der Waals surface area contributed by atoms with Crippen LogP contribution in [0.4, 0.5) is 0 Å². The van der Waals surface area contributed by atoms with Gasteiger partial charge in [0.15, 0.2) is 6.04 Å². The van der Waals surface area contributed by atoms with Gasteiger partial charge in [0, 0.05) is 17.5 Å². The van der Waals surface area contributed by atoms with Crippen LogP contribution in [0.3, 0.4) is 0 Å². The molecule has 3 aromatic rings. The summed E-state index contributed by atoms with van der Waals surface area (Å²) in [4.78, 5) is 18.3. The summed E-state index contributed by atoms with van der Waals surface area (Å²) < 4.78 is 5.79. The Kier molecular flexibility index (Phi) is 6.55. The fourth-order valence-electron chi connectivity index (χ4n) is 4.19. The standard InChI is InChI=1S/C29H31NO2/c1-29(2,3)32-28(31)26(20-21-17-18-22-15-10-16-25(22)19-21)30-27(23-11-6-4-7-12-23)24-13-8-5-9-14-24/h4-9,11-14,17-19,26H,10,15-16,20H2,1-3H3/t26-/m0/s1. The minimum Gasteiger partial charge on any atom is -0.458 e. The Morgan fingerprint density at radius 3 is 2.06 bits per heavy atom. The maximum absolute atomic E-state index is 13.3. The van der Waals surface area contributed by atoms with Gasteiger partial charge in [-0.15, -0.1) is 0 Å². The molecule has 1 aliphatic carbocycles. The van der Waals surface area contributed by atoms with Crippen molar-refractivity contribution < 1.29 is 9.53 Å². The third kappa shape index (κ3) is 5.53. The van der Waals surface area contributed by atoms with Gasteiger partial charge in [-0.25, -0.2) is 4.79 Å². The van der Waals surface area contributed by atoms with Crippen LogP contribution in [0.5, 0.6) is 0 Å². The zero-order chi connectivity index (χ0) is 22.6. The molecule has 3 nitrogen and oxygen atoms in total. The van der Waals surface area contributed by atoms with Crippen molar-refractivity contribution in [1.29, 1.82) is 0 Å². The number of esters is 1. The van der Waals surface area contributed by atoms with Gasteiger partial charge in [-0.3, -0.25) is 4.99 Å². The van der Waals surface area contributed by atoms with Crippen molar-refractivity contribution in [2.24, 2.45) is 4.99 Å². The average molecular weight is 426 g/mol. The van der Waals surface area contributed by atoms with Gasteiger partial charge in [0.1, 0.15) is 5.60 Å². The second kappa shape index (κ2) is 9.52. The van der Waals surface area contributed by atoms with Gasteiger partial charge in [0.2, 0.25) is 0 Å². The highest BCUT2D eigenvalue weighted by molar-refractivity contribution is 6.13. The number of aliphatic imine (C=N–C) groups is 1. The van der Waals surface area contributed by atoms with Crippen molar-refractivity contribution in [1.82, 2.24) is 0 Å². The second-order valence-corrected chi connectivity index (χ2v) is 9.42. The lowest BCUT2D eigenvalue weighted by atomic mass is 9.99. The number of aryl methyl sites for hydroxylation is 2. The minimum atomic E-state index is -0.621. The van der Waals surface area contributed by atoms with Crippen LogP contribution in [-0.4, -0.2) is 23.3 Å². The van der Waals surface area contributed by atoms with E-state index in [4.69, 9.17) is 9.73 Å². The lowest BCUT2D eigenvalue weighted by Crippen LogP contribution is -2.33. The quantitative estimate of drug-likeness (QED) is 0.361. The number of rotatable bonds is 6. The Morgan fingerprint density at radius 1 is 0.875 bits per heavy atom. The second-order valence-electron chi connectivity index (χ2n) is 9.42. The van der Waals surface area contributed by atoms with E-state index in [0.717, 1.165) is 35.2 Å². The first-order chi connectivity index (χ1) is 15.4. The molecule has 164 valence electrons. The highest BCUT2D eigenvalue weighted by atomic mass is 16.6. The Morgan fingerprint density at radius 2 is 1.47 bits per heavy atom. The SMILES string of the molecule is CC(C)(C)OC(=O)[C@H](Cc1ccc2c(c1)CCC2)N=C(c1ccccc1)c1ccccc1. The van der Waals surface area contributed by atoms with Gasteiger partial charge in [-0.1, -0.05) is 78.9 Å². The number of hydrogen-bond acceptors (Lipinski definition) is 3. The van der Waals surface area contributed by atoms with Crippen molar-refractivity contribution in [2.45, 2.75) is 58.1 Å². The number of carbonyl (C=O) groups excluding carboxylic acids is 1. The number of ether oxygens (including phenoxy) is 1. The van der Waals surface area contributed by atoms with Crippen LogP contribution in [0.15, 0.2) is 83.9 Å². The van der Waals surface area contributed by atoms with E-state index >= 15 is 0 Å². The number of hydrogen-bond donors (Lipinski definition) is 0. The molecule has 0 heterocycles. The van der Waals surface area contributed by atoms with Crippen LogP contribution >= 0.6 is 0 Å². The van der Waals surface area contributed by atoms with Gasteiger partial charge in [0.25, 0.3) is 0 Å². The van der Waals surface area contributed by atoms with Crippen LogP contribution in [0.25, 0.3) is 0 Å². The maximum atomic E-state index is 13.3. The van der Waals surface area contributed by atoms with Gasteiger partial charge in [-0.05, 0) is 56.7 Å². The number of carbonyl (C=O) groups is 1. The third-order valence-corrected chi connectivity index (χ3v) is 5.65. The molecule has 0 spiro atoms. The molecule has 32 heavy (non-hydrogen) atoms. The molecule has 0 aromatic heterocycles. The molecule has 1 aliphatic rings. The lowest BCUT2D eigenvalue weighted by Gasteiger charge is -2.23. The predicted octanol–water partition coefficient (Wildman–Crippen LogP) is 5.97. The number of fused-ring (bicyclic) bond motifs is 1. The van der Waals surface area contributed by atoms with Crippen molar-refractivity contribution in [3.63, 3.8) is 0 Å². The molecule has 0 amide bonds. The fourth-order valence-corrected chi connectivity index (χ4v) is 4.19. The Hall–Kier alpha value is -3.20. The molecule has 1 atom stereocenters. The minimum absolute atomic E-state index is 0.289. The van der Waals surface area contributed by atoms with E-state index in [-0.39, 0.29) is 5.97 Å². The van der Waals surface area contributed by atoms with Crippen molar-refractivity contribution in [2.75, 3.05) is 0 Å². The monoisotopic (exact) mass is 425 g/mol. The first kappa shape index (κ1) is 22.0. The average Bonchev–Trinajstić information content (AvgIpc) is 3.24. The molecular weight excluding hydrogens is 394 g/mol. The zero-order valence-corrected chi connectivity index (χ0v) is 19.2. The van der Waals surface area contributed by atoms with E-state index in [1.165, 1.54) is 17.5 Å². The summed E-state index contributed by atoms with van der Waals surface area (Å²) in [6.45, 7) is 5.70. The maximum Gasteiger partial charge on any atom is 0.331 e. The smallest absolute Gasteiger partial charge is 0.331 e. The highest BCUT2D eigenvalue weighted by Crippen LogP contribution is 2.24. The van der Waals surface area contributed by atoms with E-state index in [1.54, 1.807) is 0 Å². The van der Waals surface area contributed by atoms with Gasteiger partial charge < -0.3 is 4.74 Å². The van der Waals surface area contributed by atoms with Crippen LogP contribution < -0.4 is 0 Å². The summed E-state index contributed by atoms with van der Waals surface area (Å²) in [7, 11) is 0. The summed E-state index contributed by atoms with van der Waals surface area (Å²) in [6, 6.07) is 26.1. The molecule has 0 N–H and O–H groups in total. The number of benzene rings is 3. The topological polar surface area (TPSA) is 38.7 Å². The van der Waals surface area contributed by atoms with Gasteiger partial charge in [0.05, 0.1) is 5.71 Å². The Labute approximate surface area is 191 Å². The van der Waals surface area contributed by atoms with Crippen LogP contribution in [0.1, 0.15) is 55.0 Å². The summed E-state index contributed by atoms with van der Waals surface area (Å²) in [5.41, 5.74) is 6.18.